The van der Waals surface area contributed by atoms with Crippen LogP contribution in [0.2, 0.25) is 0 Å². The summed E-state index contributed by atoms with van der Waals surface area (Å²) >= 11 is 0. The van der Waals surface area contributed by atoms with Gasteiger partial charge in [0, 0.05) is 0 Å². The van der Waals surface area contributed by atoms with Crippen LogP contribution in [0, 0.1) is 13.8 Å². The van der Waals surface area contributed by atoms with Gasteiger partial charge in [-0.15, -0.1) is 0 Å². The first kappa shape index (κ1) is 10.6. The zero-order chi connectivity index (χ0) is 11.4. The molecule has 16 heavy (non-hydrogen) atoms. The number of rotatable bonds is 2. The SMILES string of the molecule is Cc1ccc(N=Nc2ccccc2C)cc1. The van der Waals surface area contributed by atoms with Crippen LogP contribution in [0.5, 0.6) is 0 Å². The predicted octanol–water partition coefficient (Wildman–Crippen LogP) is 4.72. The van der Waals surface area contributed by atoms with Crippen molar-refractivity contribution in [2.24, 2.45) is 10.2 Å². The Morgan fingerprint density at radius 2 is 1.44 bits per heavy atom. The van der Waals surface area contributed by atoms with Crippen LogP contribution in [0.3, 0.4) is 0 Å². The average molecular weight is 210 g/mol. The van der Waals surface area contributed by atoms with Gasteiger partial charge in [-0.25, -0.2) is 0 Å². The van der Waals surface area contributed by atoms with Gasteiger partial charge in [0.25, 0.3) is 0 Å². The highest BCUT2D eigenvalue weighted by Crippen LogP contribution is 2.21. The topological polar surface area (TPSA) is 24.7 Å². The molecule has 0 bridgehead atoms. The Morgan fingerprint density at radius 1 is 0.750 bits per heavy atom. The number of azo groups is 1. The molecular formula is C14H14N2. The van der Waals surface area contributed by atoms with Crippen LogP contribution in [0.25, 0.3) is 0 Å². The molecule has 0 atom stereocenters. The maximum Gasteiger partial charge on any atom is 0.0886 e. The van der Waals surface area contributed by atoms with E-state index in [9.17, 15) is 0 Å². The van der Waals surface area contributed by atoms with E-state index < -0.39 is 0 Å². The Bertz CT molecular complexity index is 498. The van der Waals surface area contributed by atoms with Crippen LogP contribution < -0.4 is 0 Å². The lowest BCUT2D eigenvalue weighted by Gasteiger charge is -1.97. The molecular weight excluding hydrogens is 196 g/mol. The number of hydrogen-bond donors (Lipinski definition) is 0. The van der Waals surface area contributed by atoms with Crippen LogP contribution in [-0.4, -0.2) is 0 Å². The summed E-state index contributed by atoms with van der Waals surface area (Å²) in [7, 11) is 0. The summed E-state index contributed by atoms with van der Waals surface area (Å²) in [4.78, 5) is 0. The van der Waals surface area contributed by atoms with E-state index in [1.807, 2.05) is 55.5 Å². The van der Waals surface area contributed by atoms with Gasteiger partial charge in [-0.3, -0.25) is 0 Å². The molecule has 0 aliphatic rings. The van der Waals surface area contributed by atoms with Crippen molar-refractivity contribution in [2.45, 2.75) is 13.8 Å². The van der Waals surface area contributed by atoms with Gasteiger partial charge in [-0.2, -0.15) is 10.2 Å². The maximum absolute atomic E-state index is 4.23. The second kappa shape index (κ2) is 4.71. The van der Waals surface area contributed by atoms with E-state index in [0.29, 0.717) is 0 Å². The Hall–Kier alpha value is -1.96. The van der Waals surface area contributed by atoms with E-state index in [1.165, 1.54) is 5.56 Å². The Kier molecular flexibility index (Phi) is 3.10. The Morgan fingerprint density at radius 3 is 2.12 bits per heavy atom. The van der Waals surface area contributed by atoms with Gasteiger partial charge in [0.05, 0.1) is 11.4 Å². The summed E-state index contributed by atoms with van der Waals surface area (Å²) in [5.41, 5.74) is 4.17. The lowest BCUT2D eigenvalue weighted by molar-refractivity contribution is 1.21. The van der Waals surface area contributed by atoms with Crippen molar-refractivity contribution in [3.8, 4) is 0 Å². The van der Waals surface area contributed by atoms with Crippen LogP contribution in [0.4, 0.5) is 11.4 Å². The zero-order valence-electron chi connectivity index (χ0n) is 9.51. The number of aryl methyl sites for hydroxylation is 2. The average Bonchev–Trinajstić information content (AvgIpc) is 2.30. The molecule has 2 heteroatoms. The van der Waals surface area contributed by atoms with Crippen molar-refractivity contribution < 1.29 is 0 Å². The Labute approximate surface area is 95.7 Å². The van der Waals surface area contributed by atoms with Gasteiger partial charge in [0.1, 0.15) is 0 Å². The number of benzene rings is 2. The molecule has 80 valence electrons. The number of hydrogen-bond acceptors (Lipinski definition) is 2. The minimum absolute atomic E-state index is 0.883. The summed E-state index contributed by atoms with van der Waals surface area (Å²) in [6, 6.07) is 16.0. The van der Waals surface area contributed by atoms with E-state index in [1.54, 1.807) is 0 Å². The van der Waals surface area contributed by atoms with Crippen molar-refractivity contribution >= 4 is 11.4 Å². The molecule has 2 aromatic carbocycles. The molecule has 0 amide bonds. The highest BCUT2D eigenvalue weighted by atomic mass is 15.1. The molecule has 0 aliphatic carbocycles. The first-order valence-corrected chi connectivity index (χ1v) is 5.30. The van der Waals surface area contributed by atoms with Gasteiger partial charge in [-0.1, -0.05) is 35.9 Å². The molecule has 0 aromatic heterocycles. The largest absolute Gasteiger partial charge is 0.151 e. The molecule has 2 nitrogen and oxygen atoms in total. The van der Waals surface area contributed by atoms with Crippen molar-refractivity contribution in [3.05, 3.63) is 59.7 Å². The van der Waals surface area contributed by atoms with Gasteiger partial charge in [0.2, 0.25) is 0 Å². The fourth-order valence-corrected chi connectivity index (χ4v) is 1.40. The second-order valence-electron chi connectivity index (χ2n) is 3.82. The van der Waals surface area contributed by atoms with Crippen LogP contribution in [-0.2, 0) is 0 Å². The molecule has 0 heterocycles. The molecule has 0 N–H and O–H groups in total. The van der Waals surface area contributed by atoms with Gasteiger partial charge >= 0.3 is 0 Å². The summed E-state index contributed by atoms with van der Waals surface area (Å²) in [6.45, 7) is 4.09. The third-order valence-corrected chi connectivity index (χ3v) is 2.42. The minimum Gasteiger partial charge on any atom is -0.151 e. The van der Waals surface area contributed by atoms with Crippen molar-refractivity contribution in [2.75, 3.05) is 0 Å². The summed E-state index contributed by atoms with van der Waals surface area (Å²) in [5.74, 6) is 0. The molecule has 2 aromatic rings. The lowest BCUT2D eigenvalue weighted by Crippen LogP contribution is -1.71. The fourth-order valence-electron chi connectivity index (χ4n) is 1.40. The summed E-state index contributed by atoms with van der Waals surface area (Å²) < 4.78 is 0. The van der Waals surface area contributed by atoms with Gasteiger partial charge < -0.3 is 0 Å². The van der Waals surface area contributed by atoms with E-state index in [0.717, 1.165) is 16.9 Å². The monoisotopic (exact) mass is 210 g/mol. The molecule has 0 spiro atoms. The molecule has 0 fully saturated rings. The third-order valence-electron chi connectivity index (χ3n) is 2.42. The van der Waals surface area contributed by atoms with E-state index >= 15 is 0 Å². The molecule has 0 saturated carbocycles. The summed E-state index contributed by atoms with van der Waals surface area (Å²) in [5, 5.41) is 8.43. The standard InChI is InChI=1S/C14H14N2/c1-11-7-9-13(10-8-11)15-16-14-6-4-3-5-12(14)2/h3-10H,1-2H3. The zero-order valence-corrected chi connectivity index (χ0v) is 9.51. The normalized spacial score (nSPS) is 10.9. The number of nitrogens with zero attached hydrogens (tertiary/aromatic N) is 2. The molecule has 0 radical (unpaired) electrons. The lowest BCUT2D eigenvalue weighted by atomic mass is 10.2. The van der Waals surface area contributed by atoms with Crippen LogP contribution in [0.1, 0.15) is 11.1 Å². The van der Waals surface area contributed by atoms with Crippen molar-refractivity contribution in [1.82, 2.24) is 0 Å². The molecule has 0 saturated heterocycles. The molecule has 2 rings (SSSR count). The predicted molar refractivity (Wildman–Crippen MR) is 66.5 cm³/mol. The van der Waals surface area contributed by atoms with Crippen LogP contribution in [0.15, 0.2) is 58.8 Å². The third kappa shape index (κ3) is 2.54. The summed E-state index contributed by atoms with van der Waals surface area (Å²) in [6.07, 6.45) is 0. The van der Waals surface area contributed by atoms with E-state index in [2.05, 4.69) is 17.2 Å². The highest BCUT2D eigenvalue weighted by Gasteiger charge is 1.93. The van der Waals surface area contributed by atoms with Crippen LogP contribution >= 0.6 is 0 Å². The van der Waals surface area contributed by atoms with Gasteiger partial charge in [0.15, 0.2) is 0 Å². The molecule has 0 unspecified atom stereocenters. The van der Waals surface area contributed by atoms with Crippen molar-refractivity contribution in [3.63, 3.8) is 0 Å². The highest BCUT2D eigenvalue weighted by molar-refractivity contribution is 5.45. The van der Waals surface area contributed by atoms with E-state index in [-0.39, 0.29) is 0 Å². The van der Waals surface area contributed by atoms with Crippen molar-refractivity contribution in [1.29, 1.82) is 0 Å². The van der Waals surface area contributed by atoms with E-state index in [4.69, 9.17) is 0 Å². The minimum atomic E-state index is 0.883. The maximum atomic E-state index is 4.23. The quantitative estimate of drug-likeness (QED) is 0.641. The Balaban J connectivity index is 2.21. The first-order valence-electron chi connectivity index (χ1n) is 5.30. The smallest absolute Gasteiger partial charge is 0.0886 e. The first-order chi connectivity index (χ1) is 7.75. The molecule has 0 aliphatic heterocycles. The second-order valence-corrected chi connectivity index (χ2v) is 3.82. The fraction of sp³-hybridized carbons (Fsp3) is 0.143. The van der Waals surface area contributed by atoms with Gasteiger partial charge in [-0.05, 0) is 37.6 Å².